The molecule has 208 valence electrons. The zero-order chi connectivity index (χ0) is 27.6. The van der Waals surface area contributed by atoms with Crippen LogP contribution in [0.5, 0.6) is 0 Å². The van der Waals surface area contributed by atoms with Gasteiger partial charge in [0, 0.05) is 5.38 Å². The van der Waals surface area contributed by atoms with Gasteiger partial charge in [0.05, 0.1) is 33.0 Å². The Balaban J connectivity index is 1.38. The van der Waals surface area contributed by atoms with Crippen LogP contribution in [-0.2, 0) is 43.5 Å². The number of aromatic nitrogens is 1. The Morgan fingerprint density at radius 3 is 1.93 bits per heavy atom. The van der Waals surface area contributed by atoms with Crippen molar-refractivity contribution in [3.63, 3.8) is 0 Å². The molecule has 4 atom stereocenters. The number of thiazole rings is 1. The highest BCUT2D eigenvalue weighted by Gasteiger charge is 2.48. The fourth-order valence-corrected chi connectivity index (χ4v) is 5.42. The number of hydrogen-bond donors (Lipinski definition) is 0. The number of esters is 1. The topological polar surface area (TPSA) is 76.1 Å². The van der Waals surface area contributed by atoms with Crippen molar-refractivity contribution < 1.29 is 28.5 Å². The lowest BCUT2D eigenvalue weighted by molar-refractivity contribution is -0.0898. The third-order valence-corrected chi connectivity index (χ3v) is 7.43. The second kappa shape index (κ2) is 14.3. The first-order valence-electron chi connectivity index (χ1n) is 13.4. The van der Waals surface area contributed by atoms with E-state index >= 15 is 0 Å². The van der Waals surface area contributed by atoms with Gasteiger partial charge < -0.3 is 23.7 Å². The van der Waals surface area contributed by atoms with Crippen LogP contribution in [0, 0.1) is 0 Å². The van der Waals surface area contributed by atoms with Crippen LogP contribution in [0.1, 0.15) is 45.2 Å². The van der Waals surface area contributed by atoms with Gasteiger partial charge >= 0.3 is 5.97 Å². The summed E-state index contributed by atoms with van der Waals surface area (Å²) in [6.07, 6.45) is -1.86. The van der Waals surface area contributed by atoms with Gasteiger partial charge in [-0.2, -0.15) is 0 Å². The highest BCUT2D eigenvalue weighted by molar-refractivity contribution is 7.09. The van der Waals surface area contributed by atoms with E-state index in [-0.39, 0.29) is 12.3 Å². The van der Waals surface area contributed by atoms with Gasteiger partial charge in [0.15, 0.2) is 5.69 Å². The van der Waals surface area contributed by atoms with Crippen LogP contribution in [-0.4, -0.2) is 42.5 Å². The van der Waals surface area contributed by atoms with E-state index in [2.05, 4.69) is 4.98 Å². The normalized spacial score (nSPS) is 20.4. The minimum absolute atomic E-state index is 0.262. The van der Waals surface area contributed by atoms with Crippen LogP contribution in [0.25, 0.3) is 0 Å². The van der Waals surface area contributed by atoms with E-state index in [1.54, 1.807) is 12.3 Å². The lowest BCUT2D eigenvalue weighted by Gasteiger charge is -2.25. The number of nitrogens with zero attached hydrogens (tertiary/aromatic N) is 1. The Morgan fingerprint density at radius 2 is 1.35 bits per heavy atom. The van der Waals surface area contributed by atoms with Gasteiger partial charge in [-0.1, -0.05) is 91.0 Å². The van der Waals surface area contributed by atoms with Crippen molar-refractivity contribution in [3.05, 3.63) is 124 Å². The van der Waals surface area contributed by atoms with Gasteiger partial charge in [0.1, 0.15) is 29.4 Å². The molecule has 0 aliphatic carbocycles. The van der Waals surface area contributed by atoms with Crippen molar-refractivity contribution in [1.29, 1.82) is 0 Å². The molecule has 7 nitrogen and oxygen atoms in total. The number of carbonyl (C=O) groups is 1. The molecule has 0 N–H and O–H groups in total. The molecule has 1 aliphatic heterocycles. The molecule has 8 heteroatoms. The van der Waals surface area contributed by atoms with Crippen molar-refractivity contribution in [2.24, 2.45) is 0 Å². The Labute approximate surface area is 238 Å². The lowest BCUT2D eigenvalue weighted by atomic mass is 10.1. The fraction of sp³-hybridized carbons (Fsp3) is 0.312. The van der Waals surface area contributed by atoms with Gasteiger partial charge in [-0.25, -0.2) is 9.78 Å². The Morgan fingerprint density at radius 1 is 0.800 bits per heavy atom. The molecule has 1 fully saturated rings. The molecule has 4 aromatic rings. The highest BCUT2D eigenvalue weighted by atomic mass is 32.1. The molecule has 1 aliphatic rings. The summed E-state index contributed by atoms with van der Waals surface area (Å²) in [5, 5.41) is 2.34. The van der Waals surface area contributed by atoms with E-state index in [0.717, 1.165) is 16.7 Å². The van der Waals surface area contributed by atoms with Crippen LogP contribution >= 0.6 is 11.3 Å². The van der Waals surface area contributed by atoms with Crippen molar-refractivity contribution >= 4 is 17.3 Å². The molecule has 0 unspecified atom stereocenters. The molecule has 0 bridgehead atoms. The predicted octanol–water partition coefficient (Wildman–Crippen LogP) is 6.15. The number of carbonyl (C=O) groups excluding carboxylic acids is 1. The summed E-state index contributed by atoms with van der Waals surface area (Å²) in [6, 6.07) is 30.0. The van der Waals surface area contributed by atoms with Crippen LogP contribution in [0.4, 0.5) is 0 Å². The van der Waals surface area contributed by atoms with E-state index in [9.17, 15) is 4.79 Å². The summed E-state index contributed by atoms with van der Waals surface area (Å²) in [6.45, 7) is 3.60. The Bertz CT molecular complexity index is 1320. The molecule has 0 saturated carbocycles. The largest absolute Gasteiger partial charge is 0.461 e. The predicted molar refractivity (Wildman–Crippen MR) is 152 cm³/mol. The molecule has 0 amide bonds. The summed E-state index contributed by atoms with van der Waals surface area (Å²) in [7, 11) is 0. The maximum atomic E-state index is 12.3. The molecule has 5 rings (SSSR count). The molecule has 40 heavy (non-hydrogen) atoms. The van der Waals surface area contributed by atoms with Crippen molar-refractivity contribution in [2.75, 3.05) is 13.2 Å². The Kier molecular flexibility index (Phi) is 10.1. The van der Waals surface area contributed by atoms with Gasteiger partial charge in [-0.3, -0.25) is 0 Å². The van der Waals surface area contributed by atoms with Crippen LogP contribution in [0.15, 0.2) is 96.4 Å². The average molecular weight is 560 g/mol. The quantitative estimate of drug-likeness (QED) is 0.182. The van der Waals surface area contributed by atoms with Crippen molar-refractivity contribution in [1.82, 2.24) is 4.98 Å². The van der Waals surface area contributed by atoms with Crippen LogP contribution in [0.2, 0.25) is 0 Å². The first-order valence-corrected chi connectivity index (χ1v) is 14.3. The van der Waals surface area contributed by atoms with Gasteiger partial charge in [0.25, 0.3) is 0 Å². The maximum absolute atomic E-state index is 12.3. The third-order valence-electron chi connectivity index (χ3n) is 6.52. The number of rotatable bonds is 13. The van der Waals surface area contributed by atoms with Crippen molar-refractivity contribution in [3.8, 4) is 0 Å². The summed E-state index contributed by atoms with van der Waals surface area (Å²) < 4.78 is 30.8. The second-order valence-electron chi connectivity index (χ2n) is 9.41. The van der Waals surface area contributed by atoms with Gasteiger partial charge in [0.2, 0.25) is 0 Å². The van der Waals surface area contributed by atoms with E-state index in [0.29, 0.717) is 31.4 Å². The molecule has 2 heterocycles. The highest BCUT2D eigenvalue weighted by Crippen LogP contribution is 2.39. The minimum atomic E-state index is -0.539. The van der Waals surface area contributed by atoms with E-state index in [1.165, 1.54) is 11.3 Å². The summed E-state index contributed by atoms with van der Waals surface area (Å²) in [5.41, 5.74) is 3.43. The zero-order valence-electron chi connectivity index (χ0n) is 22.4. The van der Waals surface area contributed by atoms with Gasteiger partial charge in [-0.05, 0) is 23.6 Å². The first-order chi connectivity index (χ1) is 19.7. The van der Waals surface area contributed by atoms with Crippen LogP contribution < -0.4 is 0 Å². The monoisotopic (exact) mass is 559 g/mol. The Hall–Kier alpha value is -3.40. The molecular weight excluding hydrogens is 526 g/mol. The summed E-state index contributed by atoms with van der Waals surface area (Å²) in [5.74, 6) is -0.454. The maximum Gasteiger partial charge on any atom is 0.357 e. The molecule has 1 saturated heterocycles. The van der Waals surface area contributed by atoms with E-state index in [4.69, 9.17) is 23.7 Å². The lowest BCUT2D eigenvalue weighted by Crippen LogP contribution is -2.37. The van der Waals surface area contributed by atoms with E-state index < -0.39 is 30.4 Å². The fourth-order valence-electron chi connectivity index (χ4n) is 4.56. The zero-order valence-corrected chi connectivity index (χ0v) is 23.2. The number of benzene rings is 3. The second-order valence-corrected chi connectivity index (χ2v) is 10.3. The average Bonchev–Trinajstić information content (AvgIpc) is 3.62. The third kappa shape index (κ3) is 7.41. The number of ether oxygens (including phenoxy) is 5. The van der Waals surface area contributed by atoms with E-state index in [1.807, 2.05) is 91.0 Å². The molecule has 0 radical (unpaired) electrons. The summed E-state index contributed by atoms with van der Waals surface area (Å²) in [4.78, 5) is 16.9. The minimum Gasteiger partial charge on any atom is -0.461 e. The standard InChI is InChI=1S/C32H33NO6S/c1-2-36-32(34)26-22-40-31(33-26)30-29(38-20-25-16-10-5-11-17-25)28(37-19-24-14-8-4-9-15-24)27(39-30)21-35-18-23-12-6-3-7-13-23/h3-17,22,27-30H,2,18-21H2,1H3/t27-,28-,29-,30-/m1/s1. The van der Waals surface area contributed by atoms with Crippen molar-refractivity contribution in [2.45, 2.75) is 51.2 Å². The van der Waals surface area contributed by atoms with Crippen LogP contribution in [0.3, 0.4) is 0 Å². The van der Waals surface area contributed by atoms with Gasteiger partial charge in [-0.15, -0.1) is 11.3 Å². The first kappa shape index (κ1) is 28.1. The SMILES string of the molecule is CCOC(=O)c1csc([C@@H]2O[C@H](COCc3ccccc3)[C@@H](OCc3ccccc3)[C@H]2OCc2ccccc2)n1. The molecule has 1 aromatic heterocycles. The number of hydrogen-bond acceptors (Lipinski definition) is 8. The summed E-state index contributed by atoms with van der Waals surface area (Å²) >= 11 is 1.35. The molecule has 0 spiro atoms. The molecular formula is C32H33NO6S. The smallest absolute Gasteiger partial charge is 0.357 e. The molecule has 3 aromatic carbocycles.